The zero-order chi connectivity index (χ0) is 29.7. The van der Waals surface area contributed by atoms with Crippen LogP contribution in [0.25, 0.3) is 0 Å². The molecule has 1 saturated heterocycles. The highest BCUT2D eigenvalue weighted by Gasteiger charge is 2.56. The first kappa shape index (κ1) is 29.3. The minimum absolute atomic E-state index is 0.0548. The summed E-state index contributed by atoms with van der Waals surface area (Å²) in [5, 5.41) is 2.76. The first-order chi connectivity index (χ1) is 20.4. The number of allylic oxidation sites excluding steroid dienone is 1. The molecule has 0 aliphatic carbocycles. The number of rotatable bonds is 11. The van der Waals surface area contributed by atoms with Crippen LogP contribution in [-0.4, -0.2) is 55.6 Å². The second-order valence-corrected chi connectivity index (χ2v) is 12.0. The van der Waals surface area contributed by atoms with Gasteiger partial charge in [0.2, 0.25) is 0 Å². The molecule has 1 fully saturated rings. The maximum absolute atomic E-state index is 14.0. The number of β-lactam (4-membered cyclic amide) rings is 1. The van der Waals surface area contributed by atoms with Gasteiger partial charge in [-0.1, -0.05) is 78.9 Å². The van der Waals surface area contributed by atoms with E-state index in [1.807, 2.05) is 66.7 Å². The van der Waals surface area contributed by atoms with Crippen molar-refractivity contribution < 1.29 is 37.5 Å². The molecule has 2 aliphatic rings. The Labute approximate surface area is 243 Å². The third-order valence-corrected chi connectivity index (χ3v) is 9.33. The molecule has 10 nitrogen and oxygen atoms in total. The Balaban J connectivity index is 1.41. The Hall–Kier alpha value is -4.24. The number of amides is 2. The highest BCUT2D eigenvalue weighted by Crippen LogP contribution is 2.60. The van der Waals surface area contributed by atoms with E-state index in [0.29, 0.717) is 23.3 Å². The molecule has 3 aromatic carbocycles. The highest BCUT2D eigenvalue weighted by atomic mass is 31.2. The number of hydrogen-bond donors (Lipinski definition) is 1. The molecule has 3 aromatic rings. The van der Waals surface area contributed by atoms with Crippen molar-refractivity contribution in [1.29, 1.82) is 0 Å². The molecular weight excluding hydrogens is 559 g/mol. The number of esters is 1. The van der Waals surface area contributed by atoms with Crippen LogP contribution < -0.4 is 10.1 Å². The van der Waals surface area contributed by atoms with Gasteiger partial charge in [0.25, 0.3) is 11.8 Å². The monoisotopic (exact) mass is 590 g/mol. The summed E-state index contributed by atoms with van der Waals surface area (Å²) < 4.78 is 35.6. The normalized spacial score (nSPS) is 18.3. The van der Waals surface area contributed by atoms with Crippen LogP contribution in [0, 0.1) is 0 Å². The van der Waals surface area contributed by atoms with Crippen LogP contribution in [0.15, 0.2) is 102 Å². The van der Waals surface area contributed by atoms with E-state index in [2.05, 4.69) is 5.32 Å². The topological polar surface area (TPSA) is 120 Å². The van der Waals surface area contributed by atoms with Gasteiger partial charge in [0.15, 0.2) is 12.7 Å². The van der Waals surface area contributed by atoms with E-state index in [1.54, 1.807) is 24.3 Å². The fourth-order valence-electron chi connectivity index (χ4n) is 5.22. The number of para-hydroxylation sites is 1. The maximum Gasteiger partial charge on any atom is 0.359 e. The van der Waals surface area contributed by atoms with Gasteiger partial charge in [0.05, 0.1) is 11.4 Å². The summed E-state index contributed by atoms with van der Waals surface area (Å²) in [6.07, 6.45) is -0.355. The van der Waals surface area contributed by atoms with Crippen molar-refractivity contribution in [3.63, 3.8) is 0 Å². The van der Waals surface area contributed by atoms with E-state index in [9.17, 15) is 18.9 Å². The van der Waals surface area contributed by atoms with Gasteiger partial charge in [0, 0.05) is 14.2 Å². The SMILES string of the molecule is COP(=O)(OC)C1=C(C(=O)OC(c2ccccc2)c2ccccc2)N2C(=O)C(NC(=O)COc3ccccc3)C2CC1. The van der Waals surface area contributed by atoms with E-state index in [-0.39, 0.29) is 24.0 Å². The first-order valence-corrected chi connectivity index (χ1v) is 15.0. The third kappa shape index (κ3) is 5.87. The number of fused-ring (bicyclic) bond motifs is 1. The quantitative estimate of drug-likeness (QED) is 0.196. The molecule has 0 bridgehead atoms. The predicted octanol–water partition coefficient (Wildman–Crippen LogP) is 4.59. The van der Waals surface area contributed by atoms with Crippen LogP contribution in [0.4, 0.5) is 0 Å². The average molecular weight is 591 g/mol. The minimum atomic E-state index is -3.92. The van der Waals surface area contributed by atoms with Gasteiger partial charge in [-0.3, -0.25) is 19.1 Å². The van der Waals surface area contributed by atoms with Crippen molar-refractivity contribution in [3.05, 3.63) is 113 Å². The smallest absolute Gasteiger partial charge is 0.359 e. The molecule has 1 N–H and O–H groups in total. The molecule has 2 amide bonds. The van der Waals surface area contributed by atoms with Crippen LogP contribution in [0.2, 0.25) is 0 Å². The first-order valence-electron chi connectivity index (χ1n) is 13.4. The number of ether oxygens (including phenoxy) is 2. The fourth-order valence-corrected chi connectivity index (χ4v) is 6.67. The van der Waals surface area contributed by atoms with E-state index in [4.69, 9.17) is 18.5 Å². The van der Waals surface area contributed by atoms with E-state index in [0.717, 1.165) is 0 Å². The Morgan fingerprint density at radius 2 is 1.45 bits per heavy atom. The third-order valence-electron chi connectivity index (χ3n) is 7.27. The molecule has 0 radical (unpaired) electrons. The second kappa shape index (κ2) is 12.7. The zero-order valence-electron chi connectivity index (χ0n) is 23.2. The second-order valence-electron chi connectivity index (χ2n) is 9.73. The Bertz CT molecular complexity index is 1470. The lowest BCUT2D eigenvalue weighted by molar-refractivity contribution is -0.159. The minimum Gasteiger partial charge on any atom is -0.484 e. The van der Waals surface area contributed by atoms with Gasteiger partial charge >= 0.3 is 13.6 Å². The summed E-state index contributed by atoms with van der Waals surface area (Å²) in [5.41, 5.74) is 1.24. The lowest BCUT2D eigenvalue weighted by Gasteiger charge is -2.50. The average Bonchev–Trinajstić information content (AvgIpc) is 3.05. The molecule has 218 valence electrons. The van der Waals surface area contributed by atoms with Crippen LogP contribution in [0.1, 0.15) is 30.1 Å². The van der Waals surface area contributed by atoms with E-state index < -0.39 is 43.6 Å². The summed E-state index contributed by atoms with van der Waals surface area (Å²) in [7, 11) is -1.49. The lowest BCUT2D eigenvalue weighted by Crippen LogP contribution is -2.72. The van der Waals surface area contributed by atoms with Gasteiger partial charge in [-0.15, -0.1) is 0 Å². The highest BCUT2D eigenvalue weighted by molar-refractivity contribution is 7.58. The van der Waals surface area contributed by atoms with E-state index in [1.165, 1.54) is 19.1 Å². The summed E-state index contributed by atoms with van der Waals surface area (Å²) >= 11 is 0. The summed E-state index contributed by atoms with van der Waals surface area (Å²) in [6.45, 7) is -0.283. The number of nitrogens with one attached hydrogen (secondary N) is 1. The summed E-state index contributed by atoms with van der Waals surface area (Å²) in [6, 6.07) is 25.7. The van der Waals surface area contributed by atoms with Gasteiger partial charge in [-0.25, -0.2) is 4.79 Å². The van der Waals surface area contributed by atoms with Crippen molar-refractivity contribution in [2.75, 3.05) is 20.8 Å². The molecule has 2 atom stereocenters. The lowest BCUT2D eigenvalue weighted by atomic mass is 9.86. The number of hydrogen-bond acceptors (Lipinski definition) is 8. The Morgan fingerprint density at radius 1 is 0.905 bits per heavy atom. The van der Waals surface area contributed by atoms with Gasteiger partial charge in [-0.05, 0) is 36.1 Å². The molecular formula is C31H31N2O8P. The summed E-state index contributed by atoms with van der Waals surface area (Å²) in [5.74, 6) is -1.35. The van der Waals surface area contributed by atoms with Gasteiger partial charge in [-0.2, -0.15) is 0 Å². The molecule has 42 heavy (non-hydrogen) atoms. The molecule has 11 heteroatoms. The molecule has 5 rings (SSSR count). The number of carbonyl (C=O) groups is 3. The van der Waals surface area contributed by atoms with Crippen LogP contribution in [-0.2, 0) is 32.7 Å². The molecule has 0 spiro atoms. The van der Waals surface area contributed by atoms with Gasteiger partial charge < -0.3 is 23.8 Å². The maximum atomic E-state index is 14.0. The van der Waals surface area contributed by atoms with Crippen molar-refractivity contribution >= 4 is 25.4 Å². The molecule has 2 aliphatic heterocycles. The number of benzene rings is 3. The largest absolute Gasteiger partial charge is 0.484 e. The van der Waals surface area contributed by atoms with Crippen molar-refractivity contribution in [2.45, 2.75) is 31.0 Å². The van der Waals surface area contributed by atoms with Crippen LogP contribution in [0.3, 0.4) is 0 Å². The molecule has 2 unspecified atom stereocenters. The standard InChI is InChI=1S/C31H31N2O8P/c1-38-42(37,39-2)25-19-18-24-27(32-26(34)20-40-23-16-10-5-11-17-23)30(35)33(24)28(25)31(36)41-29(21-12-6-3-7-13-21)22-14-8-4-9-15-22/h3-17,24,27,29H,18-20H2,1-2H3,(H,32,34). The molecule has 2 heterocycles. The van der Waals surface area contributed by atoms with Crippen molar-refractivity contribution in [3.8, 4) is 5.75 Å². The molecule has 0 aromatic heterocycles. The van der Waals surface area contributed by atoms with E-state index >= 15 is 0 Å². The summed E-state index contributed by atoms with van der Waals surface area (Å²) in [4.78, 5) is 41.3. The predicted molar refractivity (Wildman–Crippen MR) is 153 cm³/mol. The van der Waals surface area contributed by atoms with Crippen LogP contribution in [0.5, 0.6) is 5.75 Å². The fraction of sp³-hybridized carbons (Fsp3) is 0.258. The Kier molecular flexibility index (Phi) is 8.87. The van der Waals surface area contributed by atoms with Crippen molar-refractivity contribution in [1.82, 2.24) is 10.2 Å². The number of nitrogens with zero attached hydrogens (tertiary/aromatic N) is 1. The Morgan fingerprint density at radius 3 is 2.00 bits per heavy atom. The van der Waals surface area contributed by atoms with Gasteiger partial charge in [0.1, 0.15) is 17.5 Å². The van der Waals surface area contributed by atoms with Crippen LogP contribution >= 0.6 is 7.60 Å². The molecule has 0 saturated carbocycles. The zero-order valence-corrected chi connectivity index (χ0v) is 24.1. The van der Waals surface area contributed by atoms with Crippen molar-refractivity contribution in [2.24, 2.45) is 0 Å². The number of carbonyl (C=O) groups excluding carboxylic acids is 3.